The van der Waals surface area contributed by atoms with E-state index >= 15 is 0 Å². The molecule has 0 aliphatic heterocycles. The first-order valence-corrected chi connectivity index (χ1v) is 10.4. The van der Waals surface area contributed by atoms with Gasteiger partial charge in [0.2, 0.25) is 5.75 Å². The average molecular weight is 450 g/mol. The Balaban J connectivity index is 1.63. The molecule has 0 saturated heterocycles. The number of nitrogens with one attached hydrogen (secondary N) is 1. The van der Waals surface area contributed by atoms with Crippen molar-refractivity contribution in [3.8, 4) is 17.2 Å². The molecule has 0 unspecified atom stereocenters. The van der Waals surface area contributed by atoms with Crippen molar-refractivity contribution in [3.63, 3.8) is 0 Å². The Labute approximate surface area is 193 Å². The Bertz CT molecular complexity index is 1000. The van der Waals surface area contributed by atoms with Crippen LogP contribution in [-0.4, -0.2) is 39.8 Å². The second-order valence-corrected chi connectivity index (χ2v) is 7.20. The van der Waals surface area contributed by atoms with Crippen LogP contribution in [0.3, 0.4) is 0 Å². The highest BCUT2D eigenvalue weighted by atomic mass is 16.5. The normalized spacial score (nSPS) is 10.4. The molecular weight excluding hydrogens is 422 g/mol. The number of anilines is 1. The summed E-state index contributed by atoms with van der Waals surface area (Å²) in [5, 5.41) is 2.68. The van der Waals surface area contributed by atoms with Crippen LogP contribution in [0.4, 0.5) is 5.69 Å². The van der Waals surface area contributed by atoms with E-state index in [2.05, 4.69) is 5.32 Å². The van der Waals surface area contributed by atoms with Gasteiger partial charge in [0.15, 0.2) is 18.1 Å². The SMILES string of the molecule is COc1cc(NC(=O)COC(=O)CC(c2ccccc2)c2ccccc2)cc(OC)c1OC. The van der Waals surface area contributed by atoms with Gasteiger partial charge in [-0.05, 0) is 11.1 Å². The number of hydrogen-bond donors (Lipinski definition) is 1. The van der Waals surface area contributed by atoms with E-state index < -0.39 is 18.5 Å². The molecule has 0 heterocycles. The van der Waals surface area contributed by atoms with Crippen molar-refractivity contribution in [1.29, 1.82) is 0 Å². The Morgan fingerprint density at radius 2 is 1.30 bits per heavy atom. The smallest absolute Gasteiger partial charge is 0.307 e. The van der Waals surface area contributed by atoms with Gasteiger partial charge in [-0.25, -0.2) is 0 Å². The summed E-state index contributed by atoms with van der Waals surface area (Å²) in [6.07, 6.45) is 0.117. The van der Waals surface area contributed by atoms with E-state index in [1.165, 1.54) is 21.3 Å². The molecule has 0 fully saturated rings. The highest BCUT2D eigenvalue weighted by molar-refractivity contribution is 5.93. The van der Waals surface area contributed by atoms with Crippen LogP contribution in [0.2, 0.25) is 0 Å². The molecule has 0 saturated carbocycles. The fourth-order valence-electron chi connectivity index (χ4n) is 3.52. The zero-order chi connectivity index (χ0) is 23.6. The van der Waals surface area contributed by atoms with E-state index in [1.807, 2.05) is 60.7 Å². The number of hydrogen-bond acceptors (Lipinski definition) is 6. The Morgan fingerprint density at radius 3 is 1.76 bits per heavy atom. The zero-order valence-electron chi connectivity index (χ0n) is 18.9. The molecule has 33 heavy (non-hydrogen) atoms. The zero-order valence-corrected chi connectivity index (χ0v) is 18.9. The quantitative estimate of drug-likeness (QED) is 0.462. The number of amides is 1. The predicted molar refractivity (Wildman–Crippen MR) is 125 cm³/mol. The summed E-state index contributed by atoms with van der Waals surface area (Å²) in [5.74, 6) is 0.104. The minimum absolute atomic E-state index is 0.117. The molecule has 0 spiro atoms. The van der Waals surface area contributed by atoms with Gasteiger partial charge in [0, 0.05) is 23.7 Å². The number of esters is 1. The van der Waals surface area contributed by atoms with E-state index in [9.17, 15) is 9.59 Å². The number of carbonyl (C=O) groups is 2. The van der Waals surface area contributed by atoms with E-state index in [1.54, 1.807) is 12.1 Å². The van der Waals surface area contributed by atoms with E-state index in [0.29, 0.717) is 22.9 Å². The van der Waals surface area contributed by atoms with Gasteiger partial charge in [0.1, 0.15) is 0 Å². The van der Waals surface area contributed by atoms with Crippen molar-refractivity contribution in [3.05, 3.63) is 83.9 Å². The van der Waals surface area contributed by atoms with Crippen LogP contribution in [0.1, 0.15) is 23.5 Å². The van der Waals surface area contributed by atoms with Crippen LogP contribution in [0, 0.1) is 0 Å². The molecule has 0 bridgehead atoms. The maximum absolute atomic E-state index is 12.6. The molecule has 1 N–H and O–H groups in total. The van der Waals surface area contributed by atoms with Gasteiger partial charge >= 0.3 is 5.97 Å². The number of carbonyl (C=O) groups excluding carboxylic acids is 2. The van der Waals surface area contributed by atoms with Crippen LogP contribution in [-0.2, 0) is 14.3 Å². The second-order valence-electron chi connectivity index (χ2n) is 7.20. The fourth-order valence-corrected chi connectivity index (χ4v) is 3.52. The van der Waals surface area contributed by atoms with E-state index in [0.717, 1.165) is 11.1 Å². The molecule has 172 valence electrons. The van der Waals surface area contributed by atoms with Crippen molar-refractivity contribution in [2.75, 3.05) is 33.3 Å². The minimum Gasteiger partial charge on any atom is -0.493 e. The Morgan fingerprint density at radius 1 is 0.788 bits per heavy atom. The average Bonchev–Trinajstić information content (AvgIpc) is 2.86. The lowest BCUT2D eigenvalue weighted by Gasteiger charge is -2.17. The molecule has 1 amide bonds. The summed E-state index contributed by atoms with van der Waals surface area (Å²) in [7, 11) is 4.47. The molecule has 0 atom stereocenters. The highest BCUT2D eigenvalue weighted by Crippen LogP contribution is 2.39. The molecule has 7 heteroatoms. The summed E-state index contributed by atoms with van der Waals surface area (Å²) in [4.78, 5) is 25.0. The van der Waals surface area contributed by atoms with E-state index in [-0.39, 0.29) is 12.3 Å². The molecule has 0 aliphatic rings. The molecule has 3 rings (SSSR count). The molecule has 7 nitrogen and oxygen atoms in total. The highest BCUT2D eigenvalue weighted by Gasteiger charge is 2.20. The molecule has 3 aromatic rings. The number of ether oxygens (including phenoxy) is 4. The number of methoxy groups -OCH3 is 3. The Hall–Kier alpha value is -4.00. The summed E-state index contributed by atoms with van der Waals surface area (Å²) >= 11 is 0. The lowest BCUT2D eigenvalue weighted by atomic mass is 9.89. The lowest BCUT2D eigenvalue weighted by Crippen LogP contribution is -2.22. The van der Waals surface area contributed by atoms with Crippen LogP contribution in [0.25, 0.3) is 0 Å². The largest absolute Gasteiger partial charge is 0.493 e. The molecular formula is C26H27NO6. The monoisotopic (exact) mass is 449 g/mol. The summed E-state index contributed by atoms with van der Waals surface area (Å²) in [6.45, 7) is -0.411. The molecule has 0 radical (unpaired) electrons. The van der Waals surface area contributed by atoms with Gasteiger partial charge in [-0.3, -0.25) is 9.59 Å². The van der Waals surface area contributed by atoms with Crippen LogP contribution >= 0.6 is 0 Å². The minimum atomic E-state index is -0.478. The van der Waals surface area contributed by atoms with Crippen molar-refractivity contribution >= 4 is 17.6 Å². The third-order valence-corrected chi connectivity index (χ3v) is 5.09. The molecule has 0 aromatic heterocycles. The van der Waals surface area contributed by atoms with Gasteiger partial charge in [-0.2, -0.15) is 0 Å². The van der Waals surface area contributed by atoms with Gasteiger partial charge in [-0.1, -0.05) is 60.7 Å². The van der Waals surface area contributed by atoms with Gasteiger partial charge in [0.05, 0.1) is 27.8 Å². The van der Waals surface area contributed by atoms with Gasteiger partial charge in [-0.15, -0.1) is 0 Å². The van der Waals surface area contributed by atoms with Crippen molar-refractivity contribution in [2.45, 2.75) is 12.3 Å². The maximum atomic E-state index is 12.6. The van der Waals surface area contributed by atoms with Crippen molar-refractivity contribution in [1.82, 2.24) is 0 Å². The summed E-state index contributed by atoms with van der Waals surface area (Å²) in [5.41, 5.74) is 2.43. The number of benzene rings is 3. The van der Waals surface area contributed by atoms with Gasteiger partial charge < -0.3 is 24.3 Å². The molecule has 3 aromatic carbocycles. The lowest BCUT2D eigenvalue weighted by molar-refractivity contribution is -0.147. The second kappa shape index (κ2) is 11.6. The standard InChI is InChI=1S/C26H27NO6/c1-30-22-14-20(15-23(31-2)26(22)32-3)27-24(28)17-33-25(29)16-21(18-10-6-4-7-11-18)19-12-8-5-9-13-19/h4-15,21H,16-17H2,1-3H3,(H,27,28). The topological polar surface area (TPSA) is 83.1 Å². The van der Waals surface area contributed by atoms with Gasteiger partial charge in [0.25, 0.3) is 5.91 Å². The van der Waals surface area contributed by atoms with Crippen LogP contribution in [0.15, 0.2) is 72.8 Å². The van der Waals surface area contributed by atoms with Crippen LogP contribution in [0.5, 0.6) is 17.2 Å². The van der Waals surface area contributed by atoms with Crippen molar-refractivity contribution in [2.24, 2.45) is 0 Å². The first-order chi connectivity index (χ1) is 16.0. The first-order valence-electron chi connectivity index (χ1n) is 10.4. The third kappa shape index (κ3) is 6.26. The Kier molecular flexibility index (Phi) is 8.30. The third-order valence-electron chi connectivity index (χ3n) is 5.09. The van der Waals surface area contributed by atoms with Crippen molar-refractivity contribution < 1.29 is 28.5 Å². The summed E-state index contributed by atoms with van der Waals surface area (Å²) in [6, 6.07) is 22.7. The summed E-state index contributed by atoms with van der Waals surface area (Å²) < 4.78 is 21.1. The number of rotatable bonds is 10. The molecule has 0 aliphatic carbocycles. The predicted octanol–water partition coefficient (Wildman–Crippen LogP) is 4.42. The maximum Gasteiger partial charge on any atom is 0.307 e. The first kappa shape index (κ1) is 23.7. The fraction of sp³-hybridized carbons (Fsp3) is 0.231. The van der Waals surface area contributed by atoms with Crippen LogP contribution < -0.4 is 19.5 Å². The van der Waals surface area contributed by atoms with E-state index in [4.69, 9.17) is 18.9 Å².